The Kier molecular flexibility index (Phi) is 5.46. The molecule has 1 aliphatic heterocycles. The number of amides is 1. The zero-order chi connectivity index (χ0) is 14.4. The van der Waals surface area contributed by atoms with Crippen molar-refractivity contribution in [1.29, 1.82) is 0 Å². The molecule has 2 rings (SSSR count). The maximum Gasteiger partial charge on any atom is 0.234 e. The van der Waals surface area contributed by atoms with Crippen LogP contribution in [0.3, 0.4) is 0 Å². The quantitative estimate of drug-likeness (QED) is 0.806. The lowest BCUT2D eigenvalue weighted by Crippen LogP contribution is -2.47. The van der Waals surface area contributed by atoms with E-state index in [0.29, 0.717) is 26.2 Å². The number of nitrogens with one attached hydrogen (secondary N) is 1. The molecule has 2 N–H and O–H groups in total. The summed E-state index contributed by atoms with van der Waals surface area (Å²) in [7, 11) is 0. The summed E-state index contributed by atoms with van der Waals surface area (Å²) in [4.78, 5) is 13.8. The van der Waals surface area contributed by atoms with Crippen molar-refractivity contribution in [1.82, 2.24) is 10.2 Å². The number of halogens is 1. The van der Waals surface area contributed by atoms with E-state index in [9.17, 15) is 9.18 Å². The summed E-state index contributed by atoms with van der Waals surface area (Å²) in [6, 6.07) is 6.03. The van der Waals surface area contributed by atoms with Crippen LogP contribution < -0.4 is 5.32 Å². The summed E-state index contributed by atoms with van der Waals surface area (Å²) in [5.74, 6) is -0.378. The van der Waals surface area contributed by atoms with Crippen LogP contribution in [0.15, 0.2) is 24.3 Å². The van der Waals surface area contributed by atoms with E-state index in [1.54, 1.807) is 12.1 Å². The van der Waals surface area contributed by atoms with Crippen LogP contribution in [0.2, 0.25) is 0 Å². The van der Waals surface area contributed by atoms with Gasteiger partial charge in [0.15, 0.2) is 0 Å². The van der Waals surface area contributed by atoms with Gasteiger partial charge in [-0.3, -0.25) is 9.69 Å². The zero-order valence-corrected chi connectivity index (χ0v) is 11.2. The normalized spacial score (nSPS) is 19.8. The van der Waals surface area contributed by atoms with Gasteiger partial charge in [-0.15, -0.1) is 0 Å². The van der Waals surface area contributed by atoms with Gasteiger partial charge >= 0.3 is 0 Å². The Bertz CT molecular complexity index is 439. The van der Waals surface area contributed by atoms with Crippen molar-refractivity contribution in [2.75, 3.05) is 32.8 Å². The van der Waals surface area contributed by atoms with Crippen molar-refractivity contribution in [2.24, 2.45) is 0 Å². The smallest absolute Gasteiger partial charge is 0.234 e. The third-order valence-electron chi connectivity index (χ3n) is 3.20. The molecule has 1 amide bonds. The van der Waals surface area contributed by atoms with Crippen LogP contribution in [0, 0.1) is 5.82 Å². The number of carbonyl (C=O) groups excluding carboxylic acids is 1. The minimum atomic E-state index is -0.288. The van der Waals surface area contributed by atoms with E-state index in [0.717, 1.165) is 5.56 Å². The van der Waals surface area contributed by atoms with Crippen LogP contribution in [-0.2, 0) is 16.1 Å². The first-order valence-corrected chi connectivity index (χ1v) is 6.63. The monoisotopic (exact) mass is 282 g/mol. The minimum absolute atomic E-state index is 0.0340. The molecule has 0 saturated carbocycles. The second-order valence-electron chi connectivity index (χ2n) is 4.81. The fraction of sp³-hybridized carbons (Fsp3) is 0.500. The summed E-state index contributed by atoms with van der Waals surface area (Å²) < 4.78 is 18.1. The molecule has 0 radical (unpaired) electrons. The number of carbonyl (C=O) groups is 1. The molecule has 1 fully saturated rings. The van der Waals surface area contributed by atoms with E-state index in [4.69, 9.17) is 9.84 Å². The Morgan fingerprint density at radius 2 is 2.20 bits per heavy atom. The van der Waals surface area contributed by atoms with Crippen molar-refractivity contribution >= 4 is 5.91 Å². The third-order valence-corrected chi connectivity index (χ3v) is 3.20. The zero-order valence-electron chi connectivity index (χ0n) is 11.2. The van der Waals surface area contributed by atoms with Gasteiger partial charge in [-0.2, -0.15) is 0 Å². The summed E-state index contributed by atoms with van der Waals surface area (Å²) >= 11 is 0. The molecule has 0 bridgehead atoms. The van der Waals surface area contributed by atoms with Gasteiger partial charge in [-0.05, 0) is 17.7 Å². The van der Waals surface area contributed by atoms with Crippen LogP contribution in [0.5, 0.6) is 0 Å². The molecule has 0 aromatic heterocycles. The molecule has 0 spiro atoms. The predicted molar refractivity (Wildman–Crippen MR) is 71.5 cm³/mol. The summed E-state index contributed by atoms with van der Waals surface area (Å²) in [5, 5.41) is 11.8. The maximum absolute atomic E-state index is 12.7. The number of hydrogen-bond donors (Lipinski definition) is 2. The number of nitrogens with zero attached hydrogens (tertiary/aromatic N) is 1. The van der Waals surface area contributed by atoms with Crippen molar-refractivity contribution in [3.63, 3.8) is 0 Å². The Labute approximate surface area is 117 Å². The lowest BCUT2D eigenvalue weighted by Gasteiger charge is -2.31. The van der Waals surface area contributed by atoms with Crippen LogP contribution >= 0.6 is 0 Å². The van der Waals surface area contributed by atoms with E-state index < -0.39 is 0 Å². The molecule has 1 aromatic carbocycles. The van der Waals surface area contributed by atoms with Gasteiger partial charge in [0, 0.05) is 19.6 Å². The molecule has 6 heteroatoms. The molecule has 1 aromatic rings. The Morgan fingerprint density at radius 1 is 1.45 bits per heavy atom. The van der Waals surface area contributed by atoms with Crippen molar-refractivity contribution in [3.8, 4) is 0 Å². The standard InChI is InChI=1S/C14H19FN2O3/c15-12-3-1-11(2-4-12)7-16-14(19)9-17-5-6-20-13(8-17)10-18/h1-4,13,18H,5-10H2,(H,16,19). The maximum atomic E-state index is 12.7. The first kappa shape index (κ1) is 14.9. The second-order valence-corrected chi connectivity index (χ2v) is 4.81. The summed E-state index contributed by atoms with van der Waals surface area (Å²) in [6.45, 7) is 2.39. The molecule has 1 unspecified atom stereocenters. The van der Waals surface area contributed by atoms with Gasteiger partial charge in [-0.1, -0.05) is 12.1 Å². The van der Waals surface area contributed by atoms with Crippen LogP contribution in [-0.4, -0.2) is 54.9 Å². The summed E-state index contributed by atoms with van der Waals surface area (Å²) in [5.41, 5.74) is 0.856. The number of morpholine rings is 1. The molecule has 0 aliphatic carbocycles. The molecule has 1 saturated heterocycles. The Hall–Kier alpha value is -1.50. The van der Waals surface area contributed by atoms with Gasteiger partial charge in [0.2, 0.25) is 5.91 Å². The second kappa shape index (κ2) is 7.33. The minimum Gasteiger partial charge on any atom is -0.394 e. The van der Waals surface area contributed by atoms with Crippen molar-refractivity contribution in [2.45, 2.75) is 12.6 Å². The van der Waals surface area contributed by atoms with Crippen LogP contribution in [0.4, 0.5) is 4.39 Å². The Morgan fingerprint density at radius 3 is 2.90 bits per heavy atom. The number of rotatable bonds is 5. The predicted octanol–water partition coefficient (Wildman–Crippen LogP) is 0.135. The molecule has 1 heterocycles. The topological polar surface area (TPSA) is 61.8 Å². The lowest BCUT2D eigenvalue weighted by molar-refractivity contribution is -0.125. The first-order valence-electron chi connectivity index (χ1n) is 6.63. The number of aliphatic hydroxyl groups excluding tert-OH is 1. The van der Waals surface area contributed by atoms with E-state index in [1.807, 2.05) is 4.90 Å². The first-order chi connectivity index (χ1) is 9.67. The highest BCUT2D eigenvalue weighted by molar-refractivity contribution is 5.78. The van der Waals surface area contributed by atoms with E-state index in [2.05, 4.69) is 5.32 Å². The number of hydrogen-bond acceptors (Lipinski definition) is 4. The lowest BCUT2D eigenvalue weighted by atomic mass is 10.2. The summed E-state index contributed by atoms with van der Waals surface area (Å²) in [6.07, 6.45) is -0.214. The largest absolute Gasteiger partial charge is 0.394 e. The highest BCUT2D eigenvalue weighted by atomic mass is 19.1. The van der Waals surface area contributed by atoms with Gasteiger partial charge in [0.25, 0.3) is 0 Å². The van der Waals surface area contributed by atoms with Gasteiger partial charge < -0.3 is 15.2 Å². The van der Waals surface area contributed by atoms with Crippen LogP contribution in [0.25, 0.3) is 0 Å². The highest BCUT2D eigenvalue weighted by Crippen LogP contribution is 2.05. The van der Waals surface area contributed by atoms with Crippen molar-refractivity contribution in [3.05, 3.63) is 35.6 Å². The van der Waals surface area contributed by atoms with E-state index >= 15 is 0 Å². The highest BCUT2D eigenvalue weighted by Gasteiger charge is 2.21. The molecule has 1 atom stereocenters. The van der Waals surface area contributed by atoms with Crippen molar-refractivity contribution < 1.29 is 19.0 Å². The number of ether oxygens (including phenoxy) is 1. The van der Waals surface area contributed by atoms with Gasteiger partial charge in [-0.25, -0.2) is 4.39 Å². The average molecular weight is 282 g/mol. The third kappa shape index (κ3) is 4.56. The molecule has 1 aliphatic rings. The average Bonchev–Trinajstić information content (AvgIpc) is 2.47. The number of benzene rings is 1. The molecular formula is C14H19FN2O3. The van der Waals surface area contributed by atoms with Gasteiger partial charge in [0.1, 0.15) is 5.82 Å². The van der Waals surface area contributed by atoms with Crippen LogP contribution in [0.1, 0.15) is 5.56 Å². The molecule has 110 valence electrons. The van der Waals surface area contributed by atoms with Gasteiger partial charge in [0.05, 0.1) is 25.9 Å². The molecule has 20 heavy (non-hydrogen) atoms. The SMILES string of the molecule is O=C(CN1CCOC(CO)C1)NCc1ccc(F)cc1. The fourth-order valence-corrected chi connectivity index (χ4v) is 2.10. The molecular weight excluding hydrogens is 263 g/mol. The van der Waals surface area contributed by atoms with E-state index in [-0.39, 0.29) is 31.0 Å². The number of aliphatic hydroxyl groups is 1. The van der Waals surface area contributed by atoms with E-state index in [1.165, 1.54) is 12.1 Å². The molecule has 5 nitrogen and oxygen atoms in total. The Balaban J connectivity index is 1.73. The fourth-order valence-electron chi connectivity index (χ4n) is 2.10.